The van der Waals surface area contributed by atoms with E-state index in [4.69, 9.17) is 5.73 Å². The molecule has 0 saturated heterocycles. The summed E-state index contributed by atoms with van der Waals surface area (Å²) in [7, 11) is 0. The van der Waals surface area contributed by atoms with Gasteiger partial charge in [0.15, 0.2) is 5.78 Å². The average molecular weight is 266 g/mol. The van der Waals surface area contributed by atoms with Gasteiger partial charge in [-0.05, 0) is 30.3 Å². The number of carbonyl (C=O) groups is 1. The number of carbonyl (C=O) groups excluding carboxylic acids is 1. The van der Waals surface area contributed by atoms with Crippen LogP contribution in [0, 0.1) is 0 Å². The topological polar surface area (TPSA) is 56.0 Å². The fourth-order valence-corrected chi connectivity index (χ4v) is 1.61. The minimum atomic E-state index is -4.54. The van der Waals surface area contributed by atoms with Crippen molar-refractivity contribution in [2.45, 2.75) is 6.18 Å². The minimum absolute atomic E-state index is 0.109. The van der Waals surface area contributed by atoms with Crippen molar-refractivity contribution in [2.75, 3.05) is 5.73 Å². The van der Waals surface area contributed by atoms with Gasteiger partial charge in [0.2, 0.25) is 0 Å². The van der Waals surface area contributed by atoms with Crippen molar-refractivity contribution in [3.05, 3.63) is 59.4 Å². The summed E-state index contributed by atoms with van der Waals surface area (Å²) < 4.78 is 37.9. The lowest BCUT2D eigenvalue weighted by Crippen LogP contribution is -2.09. The third kappa shape index (κ3) is 2.90. The van der Waals surface area contributed by atoms with Crippen molar-refractivity contribution in [1.82, 2.24) is 4.98 Å². The summed E-state index contributed by atoms with van der Waals surface area (Å²) in [5.74, 6) is -0.550. The summed E-state index contributed by atoms with van der Waals surface area (Å²) in [5, 5.41) is 0. The molecule has 0 amide bonds. The molecular weight excluding hydrogens is 257 g/mol. The lowest BCUT2D eigenvalue weighted by atomic mass is 10.0. The molecule has 2 rings (SSSR count). The smallest absolute Gasteiger partial charge is 0.399 e. The van der Waals surface area contributed by atoms with Crippen LogP contribution in [-0.4, -0.2) is 10.8 Å². The predicted molar refractivity (Wildman–Crippen MR) is 63.5 cm³/mol. The van der Waals surface area contributed by atoms with E-state index < -0.39 is 17.5 Å². The standard InChI is InChI=1S/C13H9F3N2O/c14-13(15,16)10-4-9(5-11(17)6-10)12(19)8-2-1-3-18-7-8/h1-7H,17H2. The summed E-state index contributed by atoms with van der Waals surface area (Å²) in [6.45, 7) is 0. The number of nitrogen functional groups attached to an aromatic ring is 1. The molecule has 0 bridgehead atoms. The molecule has 0 radical (unpaired) electrons. The highest BCUT2D eigenvalue weighted by molar-refractivity contribution is 6.09. The Balaban J connectivity index is 2.46. The second-order valence-corrected chi connectivity index (χ2v) is 3.91. The van der Waals surface area contributed by atoms with Crippen LogP contribution in [0.2, 0.25) is 0 Å². The van der Waals surface area contributed by atoms with Crippen molar-refractivity contribution in [2.24, 2.45) is 0 Å². The number of aromatic nitrogens is 1. The van der Waals surface area contributed by atoms with Gasteiger partial charge in [-0.25, -0.2) is 0 Å². The van der Waals surface area contributed by atoms with Crippen LogP contribution in [0.5, 0.6) is 0 Å². The molecule has 0 spiro atoms. The molecule has 1 aromatic heterocycles. The number of pyridine rings is 1. The predicted octanol–water partition coefficient (Wildman–Crippen LogP) is 2.91. The fraction of sp³-hybridized carbons (Fsp3) is 0.0769. The quantitative estimate of drug-likeness (QED) is 0.671. The first-order chi connectivity index (χ1) is 8.88. The number of halogens is 3. The zero-order chi connectivity index (χ0) is 14.0. The zero-order valence-corrected chi connectivity index (χ0v) is 9.61. The number of rotatable bonds is 2. The molecule has 98 valence electrons. The number of nitrogens with two attached hydrogens (primary N) is 1. The Kier molecular flexibility index (Phi) is 3.25. The van der Waals surface area contributed by atoms with E-state index in [0.717, 1.165) is 12.1 Å². The Morgan fingerprint density at radius 1 is 1.16 bits per heavy atom. The molecular formula is C13H9F3N2O. The number of alkyl halides is 3. The maximum absolute atomic E-state index is 12.6. The number of anilines is 1. The fourth-order valence-electron chi connectivity index (χ4n) is 1.61. The van der Waals surface area contributed by atoms with Crippen LogP contribution in [0.4, 0.5) is 18.9 Å². The van der Waals surface area contributed by atoms with E-state index in [2.05, 4.69) is 4.98 Å². The van der Waals surface area contributed by atoms with Crippen molar-refractivity contribution in [3.8, 4) is 0 Å². The molecule has 0 aliphatic rings. The van der Waals surface area contributed by atoms with Crippen LogP contribution in [0.3, 0.4) is 0 Å². The third-order valence-electron chi connectivity index (χ3n) is 2.47. The van der Waals surface area contributed by atoms with Gasteiger partial charge in [0, 0.05) is 29.2 Å². The van der Waals surface area contributed by atoms with Crippen molar-refractivity contribution >= 4 is 11.5 Å². The first kappa shape index (κ1) is 13.1. The molecule has 19 heavy (non-hydrogen) atoms. The summed E-state index contributed by atoms with van der Waals surface area (Å²) in [5.41, 5.74) is 4.45. The second kappa shape index (κ2) is 4.72. The van der Waals surface area contributed by atoms with E-state index in [-0.39, 0.29) is 16.8 Å². The van der Waals surface area contributed by atoms with Gasteiger partial charge in [-0.2, -0.15) is 13.2 Å². The van der Waals surface area contributed by atoms with Gasteiger partial charge in [-0.3, -0.25) is 9.78 Å². The van der Waals surface area contributed by atoms with E-state index in [0.29, 0.717) is 0 Å². The van der Waals surface area contributed by atoms with Crippen LogP contribution in [0.1, 0.15) is 21.5 Å². The molecule has 0 unspecified atom stereocenters. The largest absolute Gasteiger partial charge is 0.416 e. The highest BCUT2D eigenvalue weighted by Gasteiger charge is 2.31. The van der Waals surface area contributed by atoms with Crippen LogP contribution >= 0.6 is 0 Å². The Morgan fingerprint density at radius 2 is 1.89 bits per heavy atom. The van der Waals surface area contributed by atoms with Gasteiger partial charge in [0.1, 0.15) is 0 Å². The molecule has 0 fully saturated rings. The van der Waals surface area contributed by atoms with Gasteiger partial charge in [0.05, 0.1) is 5.56 Å². The monoisotopic (exact) mass is 266 g/mol. The summed E-state index contributed by atoms with van der Waals surface area (Å²) in [6, 6.07) is 5.80. The highest BCUT2D eigenvalue weighted by atomic mass is 19.4. The molecule has 2 N–H and O–H groups in total. The number of nitrogens with zero attached hydrogens (tertiary/aromatic N) is 1. The van der Waals surface area contributed by atoms with Gasteiger partial charge in [-0.15, -0.1) is 0 Å². The highest BCUT2D eigenvalue weighted by Crippen LogP contribution is 2.31. The summed E-state index contributed by atoms with van der Waals surface area (Å²) >= 11 is 0. The van der Waals surface area contributed by atoms with E-state index >= 15 is 0 Å². The van der Waals surface area contributed by atoms with E-state index in [1.54, 1.807) is 0 Å². The number of hydrogen-bond donors (Lipinski definition) is 1. The lowest BCUT2D eigenvalue weighted by molar-refractivity contribution is -0.137. The Bertz CT molecular complexity index is 609. The molecule has 0 aliphatic carbocycles. The van der Waals surface area contributed by atoms with Crippen LogP contribution < -0.4 is 5.73 Å². The maximum Gasteiger partial charge on any atom is 0.416 e. The molecule has 2 aromatic rings. The molecule has 0 aliphatic heterocycles. The Hall–Kier alpha value is -2.37. The number of hydrogen-bond acceptors (Lipinski definition) is 3. The summed E-state index contributed by atoms with van der Waals surface area (Å²) in [6.07, 6.45) is -1.78. The van der Waals surface area contributed by atoms with Gasteiger partial charge in [0.25, 0.3) is 0 Å². The van der Waals surface area contributed by atoms with Crippen LogP contribution in [-0.2, 0) is 6.18 Å². The normalized spacial score (nSPS) is 11.3. The first-order valence-corrected chi connectivity index (χ1v) is 5.30. The molecule has 1 aromatic carbocycles. The van der Waals surface area contributed by atoms with Crippen molar-refractivity contribution < 1.29 is 18.0 Å². The Labute approximate surface area is 106 Å². The second-order valence-electron chi connectivity index (χ2n) is 3.91. The van der Waals surface area contributed by atoms with Crippen molar-refractivity contribution in [3.63, 3.8) is 0 Å². The van der Waals surface area contributed by atoms with Crippen LogP contribution in [0.25, 0.3) is 0 Å². The SMILES string of the molecule is Nc1cc(C(=O)c2cccnc2)cc(C(F)(F)F)c1. The van der Waals surface area contributed by atoms with E-state index in [9.17, 15) is 18.0 Å². The molecule has 6 heteroatoms. The van der Waals surface area contributed by atoms with Gasteiger partial charge < -0.3 is 5.73 Å². The van der Waals surface area contributed by atoms with E-state index in [1.807, 2.05) is 0 Å². The lowest BCUT2D eigenvalue weighted by Gasteiger charge is -2.10. The Morgan fingerprint density at radius 3 is 2.47 bits per heavy atom. The van der Waals surface area contributed by atoms with Crippen LogP contribution in [0.15, 0.2) is 42.7 Å². The first-order valence-electron chi connectivity index (χ1n) is 5.30. The zero-order valence-electron chi connectivity index (χ0n) is 9.61. The van der Waals surface area contributed by atoms with E-state index in [1.165, 1.54) is 30.6 Å². The molecule has 3 nitrogen and oxygen atoms in total. The molecule has 1 heterocycles. The minimum Gasteiger partial charge on any atom is -0.399 e. The third-order valence-corrected chi connectivity index (χ3v) is 2.47. The van der Waals surface area contributed by atoms with Crippen molar-refractivity contribution in [1.29, 1.82) is 0 Å². The molecule has 0 atom stereocenters. The number of benzene rings is 1. The molecule has 0 saturated carbocycles. The van der Waals surface area contributed by atoms with Gasteiger partial charge in [-0.1, -0.05) is 0 Å². The average Bonchev–Trinajstić information content (AvgIpc) is 2.37. The number of ketones is 1. The maximum atomic E-state index is 12.6. The summed E-state index contributed by atoms with van der Waals surface area (Å²) in [4.78, 5) is 15.8. The van der Waals surface area contributed by atoms with Gasteiger partial charge >= 0.3 is 6.18 Å².